The van der Waals surface area contributed by atoms with E-state index in [2.05, 4.69) is 52.1 Å². The van der Waals surface area contributed by atoms with E-state index in [-0.39, 0.29) is 6.04 Å². The van der Waals surface area contributed by atoms with Crippen LogP contribution in [-0.2, 0) is 19.4 Å². The Labute approximate surface area is 114 Å². The Balaban J connectivity index is 2.24. The van der Waals surface area contributed by atoms with E-state index in [0.717, 1.165) is 25.1 Å². The summed E-state index contributed by atoms with van der Waals surface area (Å²) in [6.45, 7) is 5.18. The van der Waals surface area contributed by atoms with Crippen molar-refractivity contribution in [1.29, 1.82) is 0 Å². The van der Waals surface area contributed by atoms with Crippen LogP contribution in [0.4, 0.5) is 0 Å². The van der Waals surface area contributed by atoms with Crippen LogP contribution >= 0.6 is 0 Å². The summed E-state index contributed by atoms with van der Waals surface area (Å²) in [7, 11) is 2.00. The molecule has 0 aliphatic heterocycles. The highest BCUT2D eigenvalue weighted by Gasteiger charge is 2.16. The van der Waals surface area contributed by atoms with Crippen molar-refractivity contribution in [3.05, 3.63) is 47.5 Å². The van der Waals surface area contributed by atoms with E-state index in [9.17, 15) is 0 Å². The summed E-state index contributed by atoms with van der Waals surface area (Å²) in [6, 6.07) is 6.64. The first-order valence-electron chi connectivity index (χ1n) is 6.91. The molecule has 102 valence electrons. The van der Waals surface area contributed by atoms with Crippen molar-refractivity contribution in [3.8, 4) is 0 Å². The molecule has 0 aromatic carbocycles. The number of nitrogens with one attached hydrogen (secondary N) is 1. The van der Waals surface area contributed by atoms with Crippen LogP contribution in [0.5, 0.6) is 0 Å². The normalized spacial score (nSPS) is 12.6. The van der Waals surface area contributed by atoms with Gasteiger partial charge in [0.25, 0.3) is 0 Å². The smallest absolute Gasteiger partial charge is 0.0625 e. The summed E-state index contributed by atoms with van der Waals surface area (Å²) in [5.74, 6) is 0. The van der Waals surface area contributed by atoms with Crippen molar-refractivity contribution in [2.75, 3.05) is 7.05 Å². The van der Waals surface area contributed by atoms with Gasteiger partial charge in [-0.1, -0.05) is 6.92 Å². The molecule has 2 heterocycles. The molecule has 0 saturated heterocycles. The SMILES string of the molecule is CCc1cc(C(Cc2ccncc2)NC)n(CC)n1. The standard InChI is InChI=1S/C15H22N4/c1-4-13-11-15(19(5-2)18-13)14(16-3)10-12-6-8-17-9-7-12/h6-9,11,14,16H,4-5,10H2,1-3H3. The number of aromatic nitrogens is 3. The molecule has 2 aromatic heterocycles. The molecule has 0 bridgehead atoms. The van der Waals surface area contributed by atoms with Crippen LogP contribution in [0, 0.1) is 0 Å². The molecule has 0 spiro atoms. The van der Waals surface area contributed by atoms with Crippen molar-refractivity contribution in [3.63, 3.8) is 0 Å². The molecule has 19 heavy (non-hydrogen) atoms. The van der Waals surface area contributed by atoms with Gasteiger partial charge in [0, 0.05) is 18.9 Å². The lowest BCUT2D eigenvalue weighted by molar-refractivity contribution is 0.512. The van der Waals surface area contributed by atoms with Crippen molar-refractivity contribution in [2.24, 2.45) is 0 Å². The third-order valence-corrected chi connectivity index (χ3v) is 3.42. The van der Waals surface area contributed by atoms with Crippen LogP contribution in [0.2, 0.25) is 0 Å². The first-order chi connectivity index (χ1) is 9.28. The Bertz CT molecular complexity index is 504. The summed E-state index contributed by atoms with van der Waals surface area (Å²) in [5, 5.41) is 8.02. The van der Waals surface area contributed by atoms with Gasteiger partial charge in [0.1, 0.15) is 0 Å². The fourth-order valence-electron chi connectivity index (χ4n) is 2.30. The van der Waals surface area contributed by atoms with Gasteiger partial charge >= 0.3 is 0 Å². The van der Waals surface area contributed by atoms with Gasteiger partial charge in [0.05, 0.1) is 17.4 Å². The summed E-state index contributed by atoms with van der Waals surface area (Å²) < 4.78 is 2.10. The van der Waals surface area contributed by atoms with Gasteiger partial charge in [-0.15, -0.1) is 0 Å². The third kappa shape index (κ3) is 3.20. The van der Waals surface area contributed by atoms with E-state index in [1.54, 1.807) is 0 Å². The van der Waals surface area contributed by atoms with E-state index in [1.165, 1.54) is 11.3 Å². The monoisotopic (exact) mass is 258 g/mol. The molecule has 0 aliphatic rings. The maximum Gasteiger partial charge on any atom is 0.0625 e. The van der Waals surface area contributed by atoms with Crippen LogP contribution in [0.1, 0.15) is 36.8 Å². The molecule has 0 radical (unpaired) electrons. The Morgan fingerprint density at radius 2 is 2.00 bits per heavy atom. The maximum atomic E-state index is 4.62. The molecule has 1 atom stereocenters. The van der Waals surface area contributed by atoms with Gasteiger partial charge in [0.15, 0.2) is 0 Å². The molecule has 0 saturated carbocycles. The first-order valence-corrected chi connectivity index (χ1v) is 6.91. The van der Waals surface area contributed by atoms with Gasteiger partial charge in [0.2, 0.25) is 0 Å². The molecule has 0 aliphatic carbocycles. The molecule has 2 rings (SSSR count). The molecule has 4 nitrogen and oxygen atoms in total. The van der Waals surface area contributed by atoms with Gasteiger partial charge in [-0.25, -0.2) is 0 Å². The van der Waals surface area contributed by atoms with Crippen LogP contribution in [0.15, 0.2) is 30.6 Å². The van der Waals surface area contributed by atoms with E-state index in [1.807, 2.05) is 19.4 Å². The van der Waals surface area contributed by atoms with Crippen molar-refractivity contribution in [2.45, 2.75) is 39.3 Å². The van der Waals surface area contributed by atoms with Crippen LogP contribution in [0.25, 0.3) is 0 Å². The highest BCUT2D eigenvalue weighted by atomic mass is 15.3. The molecule has 4 heteroatoms. The zero-order chi connectivity index (χ0) is 13.7. The van der Waals surface area contributed by atoms with Gasteiger partial charge in [-0.3, -0.25) is 9.67 Å². The Morgan fingerprint density at radius 3 is 2.58 bits per heavy atom. The van der Waals surface area contributed by atoms with Gasteiger partial charge in [-0.2, -0.15) is 5.10 Å². The molecule has 0 amide bonds. The topological polar surface area (TPSA) is 42.7 Å². The Morgan fingerprint density at radius 1 is 1.26 bits per heavy atom. The minimum Gasteiger partial charge on any atom is -0.311 e. The van der Waals surface area contributed by atoms with E-state index in [4.69, 9.17) is 0 Å². The minimum atomic E-state index is 0.287. The largest absolute Gasteiger partial charge is 0.311 e. The lowest BCUT2D eigenvalue weighted by atomic mass is 10.0. The number of hydrogen-bond acceptors (Lipinski definition) is 3. The zero-order valence-corrected chi connectivity index (χ0v) is 11.9. The predicted octanol–water partition coefficient (Wildman–Crippen LogP) is 2.36. The second kappa shape index (κ2) is 6.48. The summed E-state index contributed by atoms with van der Waals surface area (Å²) in [5.41, 5.74) is 3.71. The Kier molecular flexibility index (Phi) is 4.68. The number of hydrogen-bond donors (Lipinski definition) is 1. The van der Waals surface area contributed by atoms with Crippen molar-refractivity contribution in [1.82, 2.24) is 20.1 Å². The highest BCUT2D eigenvalue weighted by Crippen LogP contribution is 2.19. The highest BCUT2D eigenvalue weighted by molar-refractivity contribution is 5.19. The van der Waals surface area contributed by atoms with E-state index < -0.39 is 0 Å². The average Bonchev–Trinajstić information content (AvgIpc) is 2.89. The molecule has 1 N–H and O–H groups in total. The second-order valence-electron chi connectivity index (χ2n) is 4.63. The van der Waals surface area contributed by atoms with Crippen molar-refractivity contribution < 1.29 is 0 Å². The number of likely N-dealkylation sites (N-methyl/N-ethyl adjacent to an activating group) is 1. The number of nitrogens with zero attached hydrogens (tertiary/aromatic N) is 3. The summed E-state index contributed by atoms with van der Waals surface area (Å²) >= 11 is 0. The fourth-order valence-corrected chi connectivity index (χ4v) is 2.30. The fraction of sp³-hybridized carbons (Fsp3) is 0.467. The van der Waals surface area contributed by atoms with E-state index in [0.29, 0.717) is 0 Å². The number of aryl methyl sites for hydroxylation is 2. The zero-order valence-electron chi connectivity index (χ0n) is 11.9. The molecule has 0 fully saturated rings. The van der Waals surface area contributed by atoms with Crippen LogP contribution < -0.4 is 5.32 Å². The number of pyridine rings is 1. The summed E-state index contributed by atoms with van der Waals surface area (Å²) in [6.07, 6.45) is 5.62. The quantitative estimate of drug-likeness (QED) is 0.865. The first kappa shape index (κ1) is 13.7. The molecule has 1 unspecified atom stereocenters. The summed E-state index contributed by atoms with van der Waals surface area (Å²) in [4.78, 5) is 4.06. The lowest BCUT2D eigenvalue weighted by Crippen LogP contribution is -2.22. The molecular formula is C15H22N4. The van der Waals surface area contributed by atoms with Crippen LogP contribution in [0.3, 0.4) is 0 Å². The van der Waals surface area contributed by atoms with Gasteiger partial charge in [-0.05, 0) is 50.6 Å². The lowest BCUT2D eigenvalue weighted by Gasteiger charge is -2.17. The second-order valence-corrected chi connectivity index (χ2v) is 4.63. The van der Waals surface area contributed by atoms with Gasteiger partial charge < -0.3 is 5.32 Å². The van der Waals surface area contributed by atoms with E-state index >= 15 is 0 Å². The van der Waals surface area contributed by atoms with Crippen molar-refractivity contribution >= 4 is 0 Å². The molecule has 2 aromatic rings. The maximum absolute atomic E-state index is 4.62. The average molecular weight is 258 g/mol. The molecular weight excluding hydrogens is 236 g/mol. The third-order valence-electron chi connectivity index (χ3n) is 3.42. The minimum absolute atomic E-state index is 0.287. The predicted molar refractivity (Wildman–Crippen MR) is 77.0 cm³/mol. The van der Waals surface area contributed by atoms with Crippen LogP contribution in [-0.4, -0.2) is 21.8 Å². The number of rotatable bonds is 6. The Hall–Kier alpha value is -1.68.